The quantitative estimate of drug-likeness (QED) is 0.728. The summed E-state index contributed by atoms with van der Waals surface area (Å²) < 4.78 is 11.2. The Morgan fingerprint density at radius 3 is 2.71 bits per heavy atom. The van der Waals surface area contributed by atoms with Gasteiger partial charge in [0.2, 0.25) is 0 Å². The molecule has 2 rings (SSSR count). The molecule has 3 heteroatoms. The molecule has 2 fully saturated rings. The van der Waals surface area contributed by atoms with Crippen molar-refractivity contribution < 1.29 is 14.6 Å². The van der Waals surface area contributed by atoms with Crippen LogP contribution >= 0.6 is 0 Å². The van der Waals surface area contributed by atoms with Crippen LogP contribution in [0.4, 0.5) is 0 Å². The number of hydrogen-bond donors (Lipinski definition) is 1. The highest BCUT2D eigenvalue weighted by Crippen LogP contribution is 2.30. The lowest BCUT2D eigenvalue weighted by atomic mass is 9.83. The molecular weight excluding hydrogens is 180 g/mol. The Labute approximate surface area is 85.4 Å². The standard InChI is InChI=1S/C11H20O3/c12-7-9-3-2-6-14-11(9)10-4-1-5-13-8-10/h9-12H,1-8H2. The van der Waals surface area contributed by atoms with E-state index in [-0.39, 0.29) is 12.7 Å². The molecule has 2 aliphatic heterocycles. The zero-order chi connectivity index (χ0) is 9.80. The van der Waals surface area contributed by atoms with Gasteiger partial charge in [0, 0.05) is 31.7 Å². The Kier molecular flexibility index (Phi) is 3.79. The summed E-state index contributed by atoms with van der Waals surface area (Å²) in [5, 5.41) is 9.27. The van der Waals surface area contributed by atoms with Gasteiger partial charge in [-0.05, 0) is 25.7 Å². The molecule has 0 radical (unpaired) electrons. The van der Waals surface area contributed by atoms with Gasteiger partial charge in [0.1, 0.15) is 0 Å². The van der Waals surface area contributed by atoms with Crippen molar-refractivity contribution in [1.29, 1.82) is 0 Å². The molecule has 82 valence electrons. The summed E-state index contributed by atoms with van der Waals surface area (Å²) in [4.78, 5) is 0. The Bertz CT molecular complexity index is 166. The van der Waals surface area contributed by atoms with Crippen molar-refractivity contribution in [3.63, 3.8) is 0 Å². The molecule has 14 heavy (non-hydrogen) atoms. The summed E-state index contributed by atoms with van der Waals surface area (Å²) in [6.07, 6.45) is 4.78. The Balaban J connectivity index is 1.91. The van der Waals surface area contributed by atoms with Gasteiger partial charge in [0.15, 0.2) is 0 Å². The zero-order valence-electron chi connectivity index (χ0n) is 8.65. The van der Waals surface area contributed by atoms with Gasteiger partial charge in [0.05, 0.1) is 12.7 Å². The molecule has 0 aromatic rings. The van der Waals surface area contributed by atoms with Crippen LogP contribution in [0.2, 0.25) is 0 Å². The fourth-order valence-corrected chi connectivity index (χ4v) is 2.61. The molecular formula is C11H20O3. The first-order valence-electron chi connectivity index (χ1n) is 5.72. The van der Waals surface area contributed by atoms with Crippen LogP contribution in [0.5, 0.6) is 0 Å². The largest absolute Gasteiger partial charge is 0.396 e. The van der Waals surface area contributed by atoms with Crippen molar-refractivity contribution in [3.8, 4) is 0 Å². The molecule has 0 aromatic carbocycles. The van der Waals surface area contributed by atoms with E-state index in [2.05, 4.69) is 0 Å². The SMILES string of the molecule is OCC1CCCOC1C1CCCOC1. The lowest BCUT2D eigenvalue weighted by Gasteiger charge is -2.37. The van der Waals surface area contributed by atoms with Crippen molar-refractivity contribution in [3.05, 3.63) is 0 Å². The minimum Gasteiger partial charge on any atom is -0.396 e. The van der Waals surface area contributed by atoms with Gasteiger partial charge in [-0.25, -0.2) is 0 Å². The first-order valence-corrected chi connectivity index (χ1v) is 5.72. The first-order chi connectivity index (χ1) is 6.92. The van der Waals surface area contributed by atoms with Crippen LogP contribution in [0.25, 0.3) is 0 Å². The fraction of sp³-hybridized carbons (Fsp3) is 1.00. The molecule has 1 N–H and O–H groups in total. The Hall–Kier alpha value is -0.120. The summed E-state index contributed by atoms with van der Waals surface area (Å²) in [7, 11) is 0. The summed E-state index contributed by atoms with van der Waals surface area (Å²) in [5.41, 5.74) is 0. The maximum absolute atomic E-state index is 9.27. The molecule has 0 saturated carbocycles. The topological polar surface area (TPSA) is 38.7 Å². The predicted octanol–water partition coefficient (Wildman–Crippen LogP) is 1.20. The highest BCUT2D eigenvalue weighted by molar-refractivity contribution is 4.82. The van der Waals surface area contributed by atoms with Crippen LogP contribution < -0.4 is 0 Å². The minimum atomic E-state index is 0.244. The molecule has 2 aliphatic rings. The van der Waals surface area contributed by atoms with Gasteiger partial charge >= 0.3 is 0 Å². The lowest BCUT2D eigenvalue weighted by molar-refractivity contribution is -0.105. The highest BCUT2D eigenvalue weighted by atomic mass is 16.5. The van der Waals surface area contributed by atoms with E-state index in [0.29, 0.717) is 11.8 Å². The number of rotatable bonds is 2. The van der Waals surface area contributed by atoms with Crippen molar-refractivity contribution in [1.82, 2.24) is 0 Å². The second-order valence-electron chi connectivity index (χ2n) is 4.40. The normalized spacial score (nSPS) is 39.6. The third kappa shape index (κ3) is 2.27. The molecule has 3 nitrogen and oxygen atoms in total. The van der Waals surface area contributed by atoms with Gasteiger partial charge < -0.3 is 14.6 Å². The third-order valence-electron chi connectivity index (χ3n) is 3.39. The first kappa shape index (κ1) is 10.4. The second-order valence-corrected chi connectivity index (χ2v) is 4.40. The van der Waals surface area contributed by atoms with Crippen molar-refractivity contribution in [2.24, 2.45) is 11.8 Å². The van der Waals surface area contributed by atoms with E-state index in [1.807, 2.05) is 0 Å². The zero-order valence-corrected chi connectivity index (χ0v) is 8.65. The van der Waals surface area contributed by atoms with E-state index < -0.39 is 0 Å². The maximum Gasteiger partial charge on any atom is 0.0675 e. The third-order valence-corrected chi connectivity index (χ3v) is 3.39. The van der Waals surface area contributed by atoms with Crippen LogP contribution in [0, 0.1) is 11.8 Å². The van der Waals surface area contributed by atoms with Crippen LogP contribution in [-0.4, -0.2) is 37.6 Å². The van der Waals surface area contributed by atoms with Gasteiger partial charge in [0.25, 0.3) is 0 Å². The van der Waals surface area contributed by atoms with Crippen LogP contribution in [-0.2, 0) is 9.47 Å². The van der Waals surface area contributed by atoms with Gasteiger partial charge in [-0.3, -0.25) is 0 Å². The summed E-state index contributed by atoms with van der Waals surface area (Å²) in [6.45, 7) is 2.84. The average Bonchev–Trinajstić information content (AvgIpc) is 2.30. The molecule has 0 aromatic heterocycles. The number of aliphatic hydroxyl groups is 1. The van der Waals surface area contributed by atoms with E-state index in [9.17, 15) is 5.11 Å². The Morgan fingerprint density at radius 2 is 2.00 bits per heavy atom. The lowest BCUT2D eigenvalue weighted by Crippen LogP contribution is -2.41. The summed E-state index contributed by atoms with van der Waals surface area (Å²) in [5.74, 6) is 0.858. The minimum absolute atomic E-state index is 0.244. The molecule has 0 aliphatic carbocycles. The van der Waals surface area contributed by atoms with Gasteiger partial charge in [-0.15, -0.1) is 0 Å². The van der Waals surface area contributed by atoms with E-state index in [4.69, 9.17) is 9.47 Å². The Morgan fingerprint density at radius 1 is 1.14 bits per heavy atom. The van der Waals surface area contributed by atoms with Crippen LogP contribution in [0.3, 0.4) is 0 Å². The van der Waals surface area contributed by atoms with Gasteiger partial charge in [-0.1, -0.05) is 0 Å². The van der Waals surface area contributed by atoms with Crippen molar-refractivity contribution in [2.45, 2.75) is 31.8 Å². The predicted molar refractivity (Wildman–Crippen MR) is 53.1 cm³/mol. The number of ether oxygens (including phenoxy) is 2. The number of hydrogen-bond acceptors (Lipinski definition) is 3. The van der Waals surface area contributed by atoms with E-state index in [1.54, 1.807) is 0 Å². The van der Waals surface area contributed by atoms with Crippen LogP contribution in [0.1, 0.15) is 25.7 Å². The molecule has 0 bridgehead atoms. The highest BCUT2D eigenvalue weighted by Gasteiger charge is 2.33. The van der Waals surface area contributed by atoms with E-state index >= 15 is 0 Å². The molecule has 0 amide bonds. The fourth-order valence-electron chi connectivity index (χ4n) is 2.61. The second kappa shape index (κ2) is 5.10. The van der Waals surface area contributed by atoms with E-state index in [1.165, 1.54) is 6.42 Å². The molecule has 2 heterocycles. The van der Waals surface area contributed by atoms with Crippen molar-refractivity contribution >= 4 is 0 Å². The number of aliphatic hydroxyl groups excluding tert-OH is 1. The van der Waals surface area contributed by atoms with Crippen molar-refractivity contribution in [2.75, 3.05) is 26.4 Å². The van der Waals surface area contributed by atoms with Gasteiger partial charge in [-0.2, -0.15) is 0 Å². The average molecular weight is 200 g/mol. The molecule has 3 atom stereocenters. The van der Waals surface area contributed by atoms with Crippen LogP contribution in [0.15, 0.2) is 0 Å². The molecule has 3 unspecified atom stereocenters. The maximum atomic E-state index is 9.27. The molecule has 2 saturated heterocycles. The monoisotopic (exact) mass is 200 g/mol. The summed E-state index contributed by atoms with van der Waals surface area (Å²) >= 11 is 0. The molecule has 0 spiro atoms. The summed E-state index contributed by atoms with van der Waals surface area (Å²) in [6, 6.07) is 0. The van der Waals surface area contributed by atoms with E-state index in [0.717, 1.165) is 39.1 Å². The smallest absolute Gasteiger partial charge is 0.0675 e.